The van der Waals surface area contributed by atoms with Crippen LogP contribution in [0.4, 0.5) is 0 Å². The summed E-state index contributed by atoms with van der Waals surface area (Å²) in [6.07, 6.45) is 0.903. The third kappa shape index (κ3) is 7.92. The van der Waals surface area contributed by atoms with Gasteiger partial charge in [0.2, 0.25) is 0 Å². The molecule has 0 aromatic heterocycles. The fourth-order valence-electron chi connectivity index (χ4n) is 0.636. The van der Waals surface area contributed by atoms with Crippen LogP contribution in [0.2, 0.25) is 0 Å². The molecule has 0 aliphatic rings. The Balaban J connectivity index is 3.20. The molecule has 0 aliphatic heterocycles. The van der Waals surface area contributed by atoms with E-state index in [4.69, 9.17) is 4.74 Å². The number of esters is 1. The third-order valence-electron chi connectivity index (χ3n) is 1.14. The quantitative estimate of drug-likeness (QED) is 0.601. The summed E-state index contributed by atoms with van der Waals surface area (Å²) in [6, 6.07) is 0. The number of carbonyl (C=O) groups excluding carboxylic acids is 1. The first-order valence-corrected chi connectivity index (χ1v) is 5.55. The maximum atomic E-state index is 10.9. The van der Waals surface area contributed by atoms with Gasteiger partial charge in [0.1, 0.15) is 0 Å². The summed E-state index contributed by atoms with van der Waals surface area (Å²) in [4.78, 5) is 10.9. The summed E-state index contributed by atoms with van der Waals surface area (Å²) in [7, 11) is 0. The number of thioether (sulfide) groups is 1. The molecule has 0 amide bonds. The molecular formula is C9H18O2S. The molecule has 0 aliphatic carbocycles. The Hall–Kier alpha value is -0.180. The fourth-order valence-corrected chi connectivity index (χ4v) is 1.47. The molecule has 0 radical (unpaired) electrons. The van der Waals surface area contributed by atoms with Crippen molar-refractivity contribution in [2.24, 2.45) is 5.92 Å². The molecule has 0 saturated carbocycles. The van der Waals surface area contributed by atoms with Crippen LogP contribution in [-0.2, 0) is 9.53 Å². The van der Waals surface area contributed by atoms with Crippen LogP contribution in [0.3, 0.4) is 0 Å². The van der Waals surface area contributed by atoms with Crippen LogP contribution < -0.4 is 0 Å². The van der Waals surface area contributed by atoms with Gasteiger partial charge >= 0.3 is 5.97 Å². The van der Waals surface area contributed by atoms with Crippen molar-refractivity contribution in [2.45, 2.75) is 27.2 Å². The molecule has 0 bridgehead atoms. The van der Waals surface area contributed by atoms with Crippen LogP contribution >= 0.6 is 11.8 Å². The van der Waals surface area contributed by atoms with Gasteiger partial charge in [-0.25, -0.2) is 0 Å². The van der Waals surface area contributed by atoms with Crippen molar-refractivity contribution in [1.82, 2.24) is 0 Å². The minimum Gasteiger partial charge on any atom is -0.465 e. The molecule has 72 valence electrons. The molecule has 3 heteroatoms. The minimum atomic E-state index is -0.0810. The van der Waals surface area contributed by atoms with Crippen molar-refractivity contribution in [3.8, 4) is 0 Å². The summed E-state index contributed by atoms with van der Waals surface area (Å²) in [5.41, 5.74) is 0. The van der Waals surface area contributed by atoms with E-state index < -0.39 is 0 Å². The van der Waals surface area contributed by atoms with E-state index in [0.29, 0.717) is 18.3 Å². The smallest absolute Gasteiger partial charge is 0.315 e. The predicted molar refractivity (Wildman–Crippen MR) is 53.4 cm³/mol. The van der Waals surface area contributed by atoms with E-state index in [1.807, 2.05) is 6.92 Å². The zero-order chi connectivity index (χ0) is 9.40. The molecule has 0 unspecified atom stereocenters. The zero-order valence-electron chi connectivity index (χ0n) is 8.13. The average Bonchev–Trinajstić information content (AvgIpc) is 2.00. The molecule has 12 heavy (non-hydrogen) atoms. The molecule has 0 fully saturated rings. The van der Waals surface area contributed by atoms with Crippen molar-refractivity contribution in [3.63, 3.8) is 0 Å². The maximum absolute atomic E-state index is 10.9. The van der Waals surface area contributed by atoms with Gasteiger partial charge in [-0.2, -0.15) is 0 Å². The van der Waals surface area contributed by atoms with E-state index in [1.165, 1.54) is 0 Å². The standard InChI is InChI=1S/C9H18O2S/c1-4-5-11-9(10)7-12-6-8(2)3/h8H,4-7H2,1-3H3. The minimum absolute atomic E-state index is 0.0810. The molecule has 0 N–H and O–H groups in total. The van der Waals surface area contributed by atoms with E-state index in [0.717, 1.165) is 12.2 Å². The van der Waals surface area contributed by atoms with Crippen LogP contribution in [-0.4, -0.2) is 24.1 Å². The van der Waals surface area contributed by atoms with E-state index in [9.17, 15) is 4.79 Å². The van der Waals surface area contributed by atoms with Gasteiger partial charge < -0.3 is 4.74 Å². The lowest BCUT2D eigenvalue weighted by Gasteiger charge is -2.04. The van der Waals surface area contributed by atoms with Gasteiger partial charge in [-0.05, 0) is 18.1 Å². The Kier molecular flexibility index (Phi) is 7.36. The van der Waals surface area contributed by atoms with Crippen molar-refractivity contribution in [2.75, 3.05) is 18.1 Å². The van der Waals surface area contributed by atoms with Crippen LogP contribution in [0.1, 0.15) is 27.2 Å². The highest BCUT2D eigenvalue weighted by molar-refractivity contribution is 7.99. The van der Waals surface area contributed by atoms with Crippen LogP contribution in [0, 0.1) is 5.92 Å². The van der Waals surface area contributed by atoms with Gasteiger partial charge in [-0.1, -0.05) is 20.8 Å². The van der Waals surface area contributed by atoms with Crippen LogP contribution in [0.5, 0.6) is 0 Å². The number of carbonyl (C=O) groups is 1. The monoisotopic (exact) mass is 190 g/mol. The summed E-state index contributed by atoms with van der Waals surface area (Å²) in [5.74, 6) is 2.09. The van der Waals surface area contributed by atoms with E-state index in [1.54, 1.807) is 11.8 Å². The fraction of sp³-hybridized carbons (Fsp3) is 0.889. The topological polar surface area (TPSA) is 26.3 Å². The average molecular weight is 190 g/mol. The van der Waals surface area contributed by atoms with Crippen molar-refractivity contribution in [1.29, 1.82) is 0 Å². The Bertz CT molecular complexity index is 124. The normalized spacial score (nSPS) is 10.3. The lowest BCUT2D eigenvalue weighted by atomic mass is 10.3. The first kappa shape index (κ1) is 11.8. The van der Waals surface area contributed by atoms with Gasteiger partial charge in [-0.15, -0.1) is 11.8 Å². The van der Waals surface area contributed by atoms with Gasteiger partial charge in [0.15, 0.2) is 0 Å². The first-order valence-electron chi connectivity index (χ1n) is 4.40. The molecular weight excluding hydrogens is 172 g/mol. The maximum Gasteiger partial charge on any atom is 0.315 e. The van der Waals surface area contributed by atoms with Crippen LogP contribution in [0.15, 0.2) is 0 Å². The van der Waals surface area contributed by atoms with E-state index in [2.05, 4.69) is 13.8 Å². The number of hydrogen-bond acceptors (Lipinski definition) is 3. The highest BCUT2D eigenvalue weighted by Crippen LogP contribution is 2.07. The number of hydrogen-bond donors (Lipinski definition) is 0. The summed E-state index contributed by atoms with van der Waals surface area (Å²) in [5, 5.41) is 0. The third-order valence-corrected chi connectivity index (χ3v) is 2.48. The molecule has 0 aromatic rings. The Morgan fingerprint density at radius 1 is 1.50 bits per heavy atom. The Labute approximate surface area is 79.1 Å². The van der Waals surface area contributed by atoms with Gasteiger partial charge in [0, 0.05) is 0 Å². The van der Waals surface area contributed by atoms with Crippen molar-refractivity contribution >= 4 is 17.7 Å². The highest BCUT2D eigenvalue weighted by Gasteiger charge is 2.02. The predicted octanol–water partition coefficient (Wildman–Crippen LogP) is 2.33. The molecule has 0 heterocycles. The van der Waals surface area contributed by atoms with Gasteiger partial charge in [0.25, 0.3) is 0 Å². The molecule has 0 spiro atoms. The van der Waals surface area contributed by atoms with Crippen molar-refractivity contribution < 1.29 is 9.53 Å². The highest BCUT2D eigenvalue weighted by atomic mass is 32.2. The van der Waals surface area contributed by atoms with E-state index in [-0.39, 0.29) is 5.97 Å². The first-order chi connectivity index (χ1) is 5.66. The van der Waals surface area contributed by atoms with Gasteiger partial charge in [-0.3, -0.25) is 4.79 Å². The lowest BCUT2D eigenvalue weighted by molar-refractivity contribution is -0.140. The lowest BCUT2D eigenvalue weighted by Crippen LogP contribution is -2.09. The van der Waals surface area contributed by atoms with Crippen LogP contribution in [0.25, 0.3) is 0 Å². The molecule has 0 saturated heterocycles. The zero-order valence-corrected chi connectivity index (χ0v) is 8.95. The summed E-state index contributed by atoms with van der Waals surface area (Å²) < 4.78 is 4.91. The number of rotatable bonds is 6. The Morgan fingerprint density at radius 2 is 2.17 bits per heavy atom. The van der Waals surface area contributed by atoms with Crippen molar-refractivity contribution in [3.05, 3.63) is 0 Å². The molecule has 0 aromatic carbocycles. The molecule has 0 rings (SSSR count). The summed E-state index contributed by atoms with van der Waals surface area (Å²) in [6.45, 7) is 6.84. The van der Waals surface area contributed by atoms with Gasteiger partial charge in [0.05, 0.1) is 12.4 Å². The second kappa shape index (κ2) is 7.47. The largest absolute Gasteiger partial charge is 0.465 e. The van der Waals surface area contributed by atoms with E-state index >= 15 is 0 Å². The molecule has 0 atom stereocenters. The second-order valence-electron chi connectivity index (χ2n) is 3.13. The Morgan fingerprint density at radius 3 is 2.67 bits per heavy atom. The number of ether oxygens (including phenoxy) is 1. The molecule has 2 nitrogen and oxygen atoms in total. The second-order valence-corrected chi connectivity index (χ2v) is 4.16. The summed E-state index contributed by atoms with van der Waals surface area (Å²) >= 11 is 1.65. The SMILES string of the molecule is CCCOC(=O)CSCC(C)C.